The lowest BCUT2D eigenvalue weighted by Crippen LogP contribution is -2.47. The van der Waals surface area contributed by atoms with E-state index in [0.717, 1.165) is 12.1 Å². The van der Waals surface area contributed by atoms with Crippen LogP contribution in [0, 0.1) is 5.82 Å². The van der Waals surface area contributed by atoms with Gasteiger partial charge < -0.3 is 15.1 Å². The third-order valence-corrected chi connectivity index (χ3v) is 4.96. The zero-order valence-corrected chi connectivity index (χ0v) is 15.8. The summed E-state index contributed by atoms with van der Waals surface area (Å²) in [4.78, 5) is 8.77. The SMILES string of the molecule is CCc1ccccc1Nc1cnnc(N2CCN(c3ccccc3F)CC2)n1. The number of aryl methyl sites for hydroxylation is 1. The van der Waals surface area contributed by atoms with Crippen LogP contribution in [0.4, 0.5) is 27.5 Å². The highest BCUT2D eigenvalue weighted by molar-refractivity contribution is 5.60. The average molecular weight is 378 g/mol. The fraction of sp³-hybridized carbons (Fsp3) is 0.286. The monoisotopic (exact) mass is 378 g/mol. The number of rotatable bonds is 5. The summed E-state index contributed by atoms with van der Waals surface area (Å²) in [6, 6.07) is 15.1. The number of benzene rings is 2. The molecule has 0 bridgehead atoms. The Hall–Kier alpha value is -3.22. The van der Waals surface area contributed by atoms with E-state index < -0.39 is 0 Å². The number of hydrogen-bond donors (Lipinski definition) is 1. The highest BCUT2D eigenvalue weighted by atomic mass is 19.1. The van der Waals surface area contributed by atoms with Crippen molar-refractivity contribution in [2.75, 3.05) is 41.3 Å². The Kier molecular flexibility index (Phi) is 5.32. The fourth-order valence-corrected chi connectivity index (χ4v) is 3.43. The molecule has 0 saturated carbocycles. The van der Waals surface area contributed by atoms with Gasteiger partial charge in [-0.3, -0.25) is 0 Å². The van der Waals surface area contributed by atoms with Gasteiger partial charge in [0.1, 0.15) is 5.82 Å². The Labute approximate surface area is 164 Å². The number of piperazine rings is 1. The first-order valence-corrected chi connectivity index (χ1v) is 9.53. The number of nitrogens with one attached hydrogen (secondary N) is 1. The molecule has 0 aliphatic carbocycles. The Balaban J connectivity index is 1.45. The maximum absolute atomic E-state index is 14.0. The average Bonchev–Trinajstić information content (AvgIpc) is 2.75. The molecule has 6 nitrogen and oxygen atoms in total. The number of para-hydroxylation sites is 2. The molecule has 2 aromatic carbocycles. The van der Waals surface area contributed by atoms with Gasteiger partial charge in [-0.05, 0) is 30.2 Å². The fourth-order valence-electron chi connectivity index (χ4n) is 3.43. The third kappa shape index (κ3) is 3.88. The zero-order chi connectivity index (χ0) is 19.3. The summed E-state index contributed by atoms with van der Waals surface area (Å²) in [7, 11) is 0. The van der Waals surface area contributed by atoms with Gasteiger partial charge in [0.15, 0.2) is 5.82 Å². The summed E-state index contributed by atoms with van der Waals surface area (Å²) < 4.78 is 14.0. The number of aromatic nitrogens is 3. The van der Waals surface area contributed by atoms with Crippen molar-refractivity contribution in [2.24, 2.45) is 0 Å². The zero-order valence-electron chi connectivity index (χ0n) is 15.8. The van der Waals surface area contributed by atoms with E-state index in [1.807, 2.05) is 30.3 Å². The van der Waals surface area contributed by atoms with Crippen LogP contribution in [0.5, 0.6) is 0 Å². The van der Waals surface area contributed by atoms with E-state index in [1.54, 1.807) is 12.3 Å². The quantitative estimate of drug-likeness (QED) is 0.732. The van der Waals surface area contributed by atoms with E-state index in [9.17, 15) is 4.39 Å². The van der Waals surface area contributed by atoms with Crippen LogP contribution >= 0.6 is 0 Å². The molecule has 1 aliphatic rings. The molecule has 0 radical (unpaired) electrons. The minimum absolute atomic E-state index is 0.186. The first kappa shape index (κ1) is 18.2. The van der Waals surface area contributed by atoms with Gasteiger partial charge in [-0.1, -0.05) is 37.3 Å². The second-order valence-corrected chi connectivity index (χ2v) is 6.70. The first-order chi connectivity index (χ1) is 13.7. The van der Waals surface area contributed by atoms with Crippen molar-refractivity contribution in [3.63, 3.8) is 0 Å². The normalized spacial score (nSPS) is 14.2. The summed E-state index contributed by atoms with van der Waals surface area (Å²) in [6.45, 7) is 4.97. The molecule has 0 amide bonds. The van der Waals surface area contributed by atoms with E-state index in [0.29, 0.717) is 43.6 Å². The van der Waals surface area contributed by atoms with Crippen molar-refractivity contribution in [1.29, 1.82) is 0 Å². The van der Waals surface area contributed by atoms with Gasteiger partial charge in [0.25, 0.3) is 0 Å². The molecule has 0 spiro atoms. The Bertz CT molecular complexity index is 939. The molecule has 144 valence electrons. The van der Waals surface area contributed by atoms with Crippen molar-refractivity contribution in [1.82, 2.24) is 15.2 Å². The molecule has 1 fully saturated rings. The lowest BCUT2D eigenvalue weighted by molar-refractivity contribution is 0.592. The molecule has 1 saturated heterocycles. The van der Waals surface area contributed by atoms with E-state index in [1.165, 1.54) is 11.6 Å². The smallest absolute Gasteiger partial charge is 0.247 e. The number of nitrogens with zero attached hydrogens (tertiary/aromatic N) is 5. The number of anilines is 4. The highest BCUT2D eigenvalue weighted by Gasteiger charge is 2.21. The molecule has 3 aromatic rings. The van der Waals surface area contributed by atoms with Crippen molar-refractivity contribution >= 4 is 23.1 Å². The van der Waals surface area contributed by atoms with Crippen LogP contribution in [-0.4, -0.2) is 41.4 Å². The maximum atomic E-state index is 14.0. The standard InChI is InChI=1S/C21H23FN6/c1-2-16-7-3-5-9-18(16)24-20-15-23-26-21(25-20)28-13-11-27(12-14-28)19-10-6-4-8-17(19)22/h3-10,15H,2,11-14H2,1H3,(H,24,25,26). The van der Waals surface area contributed by atoms with Crippen molar-refractivity contribution in [2.45, 2.75) is 13.3 Å². The molecule has 1 aromatic heterocycles. The van der Waals surface area contributed by atoms with Gasteiger partial charge in [0.2, 0.25) is 5.95 Å². The molecule has 0 atom stereocenters. The predicted octanol–water partition coefficient (Wildman–Crippen LogP) is 3.64. The van der Waals surface area contributed by atoms with Gasteiger partial charge in [0, 0.05) is 31.9 Å². The summed E-state index contributed by atoms with van der Waals surface area (Å²) in [5, 5.41) is 11.7. The Morgan fingerprint density at radius 2 is 1.68 bits per heavy atom. The van der Waals surface area contributed by atoms with Crippen LogP contribution in [0.2, 0.25) is 0 Å². The van der Waals surface area contributed by atoms with Crippen molar-refractivity contribution < 1.29 is 4.39 Å². The largest absolute Gasteiger partial charge is 0.366 e. The summed E-state index contributed by atoms with van der Waals surface area (Å²) in [5.74, 6) is 1.07. The summed E-state index contributed by atoms with van der Waals surface area (Å²) in [5.41, 5.74) is 2.90. The number of hydrogen-bond acceptors (Lipinski definition) is 6. The molecule has 0 unspecified atom stereocenters. The molecular formula is C21H23FN6. The third-order valence-electron chi connectivity index (χ3n) is 4.96. The van der Waals surface area contributed by atoms with Crippen LogP contribution in [0.25, 0.3) is 0 Å². The van der Waals surface area contributed by atoms with E-state index in [4.69, 9.17) is 0 Å². The lowest BCUT2D eigenvalue weighted by atomic mass is 10.1. The van der Waals surface area contributed by atoms with Gasteiger partial charge in [-0.15, -0.1) is 5.10 Å². The molecule has 4 rings (SSSR count). The number of halogens is 1. The van der Waals surface area contributed by atoms with E-state index in [-0.39, 0.29) is 5.82 Å². The van der Waals surface area contributed by atoms with Gasteiger partial charge in [-0.25, -0.2) is 4.39 Å². The maximum Gasteiger partial charge on any atom is 0.247 e. The second kappa shape index (κ2) is 8.21. The summed E-state index contributed by atoms with van der Waals surface area (Å²) in [6.07, 6.45) is 2.57. The molecule has 28 heavy (non-hydrogen) atoms. The van der Waals surface area contributed by atoms with Gasteiger partial charge >= 0.3 is 0 Å². The van der Waals surface area contributed by atoms with Crippen molar-refractivity contribution in [3.05, 3.63) is 66.1 Å². The minimum atomic E-state index is -0.186. The molecule has 7 heteroatoms. The van der Waals surface area contributed by atoms with E-state index in [2.05, 4.69) is 43.3 Å². The Morgan fingerprint density at radius 1 is 0.964 bits per heavy atom. The summed E-state index contributed by atoms with van der Waals surface area (Å²) >= 11 is 0. The van der Waals surface area contributed by atoms with Crippen LogP contribution < -0.4 is 15.1 Å². The molecule has 1 aliphatic heterocycles. The molecular weight excluding hydrogens is 355 g/mol. The second-order valence-electron chi connectivity index (χ2n) is 6.70. The topological polar surface area (TPSA) is 57.2 Å². The molecule has 2 heterocycles. The van der Waals surface area contributed by atoms with Crippen LogP contribution in [0.15, 0.2) is 54.7 Å². The minimum Gasteiger partial charge on any atom is -0.366 e. The van der Waals surface area contributed by atoms with Crippen LogP contribution in [0.3, 0.4) is 0 Å². The van der Waals surface area contributed by atoms with Gasteiger partial charge in [0.05, 0.1) is 11.9 Å². The van der Waals surface area contributed by atoms with Crippen molar-refractivity contribution in [3.8, 4) is 0 Å². The van der Waals surface area contributed by atoms with E-state index >= 15 is 0 Å². The lowest BCUT2D eigenvalue weighted by Gasteiger charge is -2.36. The van der Waals surface area contributed by atoms with Crippen LogP contribution in [-0.2, 0) is 6.42 Å². The first-order valence-electron chi connectivity index (χ1n) is 9.53. The Morgan fingerprint density at radius 3 is 2.46 bits per heavy atom. The van der Waals surface area contributed by atoms with Gasteiger partial charge in [-0.2, -0.15) is 10.1 Å². The predicted molar refractivity (Wildman–Crippen MR) is 110 cm³/mol. The van der Waals surface area contributed by atoms with Crippen LogP contribution in [0.1, 0.15) is 12.5 Å². The molecule has 1 N–H and O–H groups in total. The highest BCUT2D eigenvalue weighted by Crippen LogP contribution is 2.23.